The van der Waals surface area contributed by atoms with Gasteiger partial charge in [-0.1, -0.05) is 5.16 Å². The Bertz CT molecular complexity index is 628. The van der Waals surface area contributed by atoms with Gasteiger partial charge in [-0.05, 0) is 13.0 Å². The molecular weight excluding hydrogens is 274 g/mol. The molecule has 0 saturated carbocycles. The van der Waals surface area contributed by atoms with Gasteiger partial charge in [0.15, 0.2) is 5.82 Å². The molecule has 2 aromatic rings. The summed E-state index contributed by atoms with van der Waals surface area (Å²) in [6.07, 6.45) is 0. The highest BCUT2D eigenvalue weighted by Crippen LogP contribution is 2.34. The lowest BCUT2D eigenvalue weighted by Crippen LogP contribution is -2.57. The highest BCUT2D eigenvalue weighted by Gasteiger charge is 2.35. The normalized spacial score (nSPS) is 28.9. The summed E-state index contributed by atoms with van der Waals surface area (Å²) in [5.41, 5.74) is 6.86. The van der Waals surface area contributed by atoms with Crippen molar-refractivity contribution in [2.75, 3.05) is 38.5 Å². The van der Waals surface area contributed by atoms with Crippen molar-refractivity contribution in [3.05, 3.63) is 16.8 Å². The first kappa shape index (κ1) is 12.3. The van der Waals surface area contributed by atoms with Crippen LogP contribution in [0, 0.1) is 6.92 Å². The minimum absolute atomic E-state index is 0.260. The quantitative estimate of drug-likeness (QED) is 0.901. The topological polar surface area (TPSA) is 71.4 Å². The van der Waals surface area contributed by atoms with Crippen LogP contribution < -0.4 is 5.73 Å². The van der Waals surface area contributed by atoms with Crippen LogP contribution >= 0.6 is 11.3 Å². The van der Waals surface area contributed by atoms with Gasteiger partial charge in [-0.3, -0.25) is 9.80 Å². The molecule has 3 aliphatic heterocycles. The zero-order valence-corrected chi connectivity index (χ0v) is 12.2. The van der Waals surface area contributed by atoms with Gasteiger partial charge >= 0.3 is 0 Å². The van der Waals surface area contributed by atoms with E-state index in [4.69, 9.17) is 10.3 Å². The Morgan fingerprint density at radius 2 is 2.15 bits per heavy atom. The highest BCUT2D eigenvalue weighted by molar-refractivity contribution is 7.16. The number of thiophene rings is 1. The molecule has 3 fully saturated rings. The number of anilines is 1. The third-order valence-corrected chi connectivity index (χ3v) is 5.01. The van der Waals surface area contributed by atoms with Gasteiger partial charge in [0.05, 0.1) is 16.6 Å². The fraction of sp³-hybridized carbons (Fsp3) is 0.538. The molecule has 0 amide bonds. The van der Waals surface area contributed by atoms with E-state index < -0.39 is 0 Å². The summed E-state index contributed by atoms with van der Waals surface area (Å²) >= 11 is 1.55. The summed E-state index contributed by atoms with van der Waals surface area (Å²) in [7, 11) is 0. The fourth-order valence-corrected chi connectivity index (χ4v) is 3.82. The van der Waals surface area contributed by atoms with Crippen molar-refractivity contribution in [3.8, 4) is 11.5 Å². The molecule has 0 aliphatic carbocycles. The summed E-state index contributed by atoms with van der Waals surface area (Å²) < 4.78 is 5.43. The summed E-state index contributed by atoms with van der Waals surface area (Å²) in [6.45, 7) is 7.51. The standard InChI is InChI=1S/C13H17N5OS/c1-8-6-9(11(14)20-8)13-15-12(16-19-13)10-7-17-2-4-18(10)5-3-17/h6,10H,2-5,7,14H2,1H3. The number of nitrogen functional groups attached to an aromatic ring is 1. The van der Waals surface area contributed by atoms with Crippen molar-refractivity contribution in [1.82, 2.24) is 19.9 Å². The van der Waals surface area contributed by atoms with Gasteiger partial charge in [0, 0.05) is 37.6 Å². The van der Waals surface area contributed by atoms with E-state index in [0.29, 0.717) is 5.89 Å². The largest absolute Gasteiger partial charge is 0.390 e. The molecule has 0 radical (unpaired) electrons. The third-order valence-electron chi connectivity index (χ3n) is 4.13. The third kappa shape index (κ3) is 1.93. The van der Waals surface area contributed by atoms with E-state index in [1.165, 1.54) is 0 Å². The number of aryl methyl sites for hydroxylation is 1. The van der Waals surface area contributed by atoms with Gasteiger partial charge < -0.3 is 10.3 Å². The number of aromatic nitrogens is 2. The van der Waals surface area contributed by atoms with Crippen molar-refractivity contribution in [2.24, 2.45) is 0 Å². The van der Waals surface area contributed by atoms with Crippen LogP contribution in [0.5, 0.6) is 0 Å². The summed E-state index contributed by atoms with van der Waals surface area (Å²) in [5, 5.41) is 4.92. The first-order valence-electron chi connectivity index (χ1n) is 6.87. The Morgan fingerprint density at radius 3 is 2.75 bits per heavy atom. The van der Waals surface area contributed by atoms with E-state index in [9.17, 15) is 0 Å². The predicted molar refractivity (Wildman–Crippen MR) is 77.5 cm³/mol. The Morgan fingerprint density at radius 1 is 1.35 bits per heavy atom. The molecule has 1 unspecified atom stereocenters. The molecule has 6 nitrogen and oxygen atoms in total. The molecule has 2 aromatic heterocycles. The summed E-state index contributed by atoms with van der Waals surface area (Å²) in [6, 6.07) is 2.27. The second-order valence-electron chi connectivity index (χ2n) is 5.45. The molecule has 7 heteroatoms. The molecule has 0 aromatic carbocycles. The molecule has 3 saturated heterocycles. The van der Waals surface area contributed by atoms with Gasteiger partial charge in [0.2, 0.25) is 0 Å². The smallest absolute Gasteiger partial charge is 0.260 e. The first-order chi connectivity index (χ1) is 9.70. The van der Waals surface area contributed by atoms with Crippen molar-refractivity contribution < 1.29 is 4.52 Å². The highest BCUT2D eigenvalue weighted by atomic mass is 32.1. The molecule has 1 atom stereocenters. The van der Waals surface area contributed by atoms with E-state index in [1.807, 2.05) is 13.0 Å². The van der Waals surface area contributed by atoms with Crippen LogP contribution in [0.15, 0.2) is 10.6 Å². The molecule has 2 N–H and O–H groups in total. The average molecular weight is 291 g/mol. The van der Waals surface area contributed by atoms with Crippen LogP contribution in [0.1, 0.15) is 16.7 Å². The van der Waals surface area contributed by atoms with Gasteiger partial charge in [0.25, 0.3) is 5.89 Å². The van der Waals surface area contributed by atoms with Crippen LogP contribution in [0.4, 0.5) is 5.00 Å². The van der Waals surface area contributed by atoms with Gasteiger partial charge in [-0.25, -0.2) is 0 Å². The maximum absolute atomic E-state index is 5.99. The maximum Gasteiger partial charge on any atom is 0.260 e. The van der Waals surface area contributed by atoms with Crippen molar-refractivity contribution >= 4 is 16.3 Å². The van der Waals surface area contributed by atoms with Crippen molar-refractivity contribution in [1.29, 1.82) is 0 Å². The molecule has 106 valence electrons. The molecule has 2 bridgehead atoms. The number of rotatable bonds is 2. The summed E-state index contributed by atoms with van der Waals surface area (Å²) in [5.74, 6) is 1.33. The Kier molecular flexibility index (Phi) is 2.80. The summed E-state index contributed by atoms with van der Waals surface area (Å²) in [4.78, 5) is 10.6. The predicted octanol–water partition coefficient (Wildman–Crippen LogP) is 1.36. The van der Waals surface area contributed by atoms with Crippen LogP contribution in [0.25, 0.3) is 11.5 Å². The molecule has 3 aliphatic rings. The number of hydrogen-bond donors (Lipinski definition) is 1. The molecule has 20 heavy (non-hydrogen) atoms. The lowest BCUT2D eigenvalue weighted by molar-refractivity contribution is 0.00781. The Labute approximate surface area is 121 Å². The van der Waals surface area contributed by atoms with E-state index in [2.05, 4.69) is 19.9 Å². The van der Waals surface area contributed by atoms with E-state index in [1.54, 1.807) is 11.3 Å². The monoisotopic (exact) mass is 291 g/mol. The van der Waals surface area contributed by atoms with Gasteiger partial charge in [-0.2, -0.15) is 4.98 Å². The lowest BCUT2D eigenvalue weighted by atomic mass is 10.1. The minimum Gasteiger partial charge on any atom is -0.390 e. The molecule has 0 spiro atoms. The molecule has 5 heterocycles. The second kappa shape index (κ2) is 4.54. The first-order valence-corrected chi connectivity index (χ1v) is 7.68. The maximum atomic E-state index is 5.99. The van der Waals surface area contributed by atoms with Gasteiger partial charge in [-0.15, -0.1) is 11.3 Å². The average Bonchev–Trinajstić information content (AvgIpc) is 3.06. The van der Waals surface area contributed by atoms with E-state index in [0.717, 1.165) is 54.0 Å². The van der Waals surface area contributed by atoms with Crippen LogP contribution in [-0.2, 0) is 0 Å². The van der Waals surface area contributed by atoms with E-state index in [-0.39, 0.29) is 6.04 Å². The fourth-order valence-electron chi connectivity index (χ4n) is 3.04. The van der Waals surface area contributed by atoms with Crippen molar-refractivity contribution in [3.63, 3.8) is 0 Å². The zero-order chi connectivity index (χ0) is 13.7. The Hall–Kier alpha value is -1.44. The van der Waals surface area contributed by atoms with E-state index >= 15 is 0 Å². The SMILES string of the molecule is Cc1cc(-c2nc(C3CN4CCN3CC4)no2)c(N)s1. The minimum atomic E-state index is 0.260. The number of fused-ring (bicyclic) bond motifs is 3. The number of piperazine rings is 3. The Balaban J connectivity index is 1.64. The second-order valence-corrected chi connectivity index (χ2v) is 6.73. The van der Waals surface area contributed by atoms with Crippen LogP contribution in [0.2, 0.25) is 0 Å². The van der Waals surface area contributed by atoms with Crippen LogP contribution in [-0.4, -0.2) is 52.7 Å². The van der Waals surface area contributed by atoms with Gasteiger partial charge in [0.1, 0.15) is 0 Å². The number of nitrogens with two attached hydrogens (primary N) is 1. The lowest BCUT2D eigenvalue weighted by Gasteiger charge is -2.46. The zero-order valence-electron chi connectivity index (χ0n) is 11.4. The number of nitrogens with zero attached hydrogens (tertiary/aromatic N) is 4. The molecular formula is C13H17N5OS. The molecule has 5 rings (SSSR count). The van der Waals surface area contributed by atoms with Crippen LogP contribution in [0.3, 0.4) is 0 Å². The van der Waals surface area contributed by atoms with Crippen molar-refractivity contribution in [2.45, 2.75) is 13.0 Å². The number of hydrogen-bond acceptors (Lipinski definition) is 7.